The van der Waals surface area contributed by atoms with Crippen molar-refractivity contribution in [2.75, 3.05) is 11.9 Å². The maximum absolute atomic E-state index is 13.6. The Hall–Kier alpha value is -4.01. The zero-order valence-electron chi connectivity index (χ0n) is 19.7. The predicted molar refractivity (Wildman–Crippen MR) is 128 cm³/mol. The lowest BCUT2D eigenvalue weighted by Crippen LogP contribution is -2.36. The molecule has 0 aliphatic heterocycles. The van der Waals surface area contributed by atoms with E-state index in [1.807, 2.05) is 25.5 Å². The van der Waals surface area contributed by atoms with Crippen LogP contribution in [0.2, 0.25) is 0 Å². The van der Waals surface area contributed by atoms with Crippen molar-refractivity contribution in [1.29, 1.82) is 0 Å². The quantitative estimate of drug-likeness (QED) is 0.309. The number of guanidine groups is 1. The number of aliphatic imine (C=N–C) groups is 1. The van der Waals surface area contributed by atoms with Gasteiger partial charge in [0.1, 0.15) is 5.82 Å². The number of hydrogen-bond donors (Lipinski definition) is 2. The van der Waals surface area contributed by atoms with E-state index in [2.05, 4.69) is 20.7 Å². The Bertz CT molecular complexity index is 1200. The van der Waals surface area contributed by atoms with Crippen LogP contribution in [-0.2, 0) is 17.8 Å². The molecule has 0 aliphatic rings. The first-order valence-corrected chi connectivity index (χ1v) is 11.0. The average Bonchev–Trinajstić information content (AvgIpc) is 3.10. The summed E-state index contributed by atoms with van der Waals surface area (Å²) >= 11 is 0. The number of ether oxygens (including phenoxy) is 1. The van der Waals surface area contributed by atoms with Crippen molar-refractivity contribution in [3.05, 3.63) is 82.4 Å². The van der Waals surface area contributed by atoms with Crippen molar-refractivity contribution >= 4 is 23.5 Å². The molecule has 0 unspecified atom stereocenters. The molecule has 1 amide bonds. The summed E-state index contributed by atoms with van der Waals surface area (Å²) in [6.07, 6.45) is 0. The number of anilines is 1. The monoisotopic (exact) mass is 465 g/mol. The third-order valence-electron chi connectivity index (χ3n) is 5.20. The number of nitrogens with one attached hydrogen (secondary N) is 2. The van der Waals surface area contributed by atoms with Crippen molar-refractivity contribution in [1.82, 2.24) is 15.1 Å². The molecule has 0 fully saturated rings. The van der Waals surface area contributed by atoms with Gasteiger partial charge in [0.25, 0.3) is 5.91 Å². The highest BCUT2D eigenvalue weighted by molar-refractivity contribution is 6.10. The van der Waals surface area contributed by atoms with E-state index < -0.39 is 17.7 Å². The van der Waals surface area contributed by atoms with Gasteiger partial charge in [-0.25, -0.2) is 14.2 Å². The minimum absolute atomic E-state index is 0.165. The van der Waals surface area contributed by atoms with Crippen LogP contribution < -0.4 is 10.6 Å². The largest absolute Gasteiger partial charge is 0.462 e. The lowest BCUT2D eigenvalue weighted by atomic mass is 10.2. The van der Waals surface area contributed by atoms with Crippen LogP contribution in [0.3, 0.4) is 0 Å². The molecule has 178 valence electrons. The highest BCUT2D eigenvalue weighted by atomic mass is 19.1. The van der Waals surface area contributed by atoms with Gasteiger partial charge in [-0.3, -0.25) is 14.8 Å². The molecule has 9 heteroatoms. The van der Waals surface area contributed by atoms with Crippen molar-refractivity contribution in [3.8, 4) is 0 Å². The number of nitrogens with zero attached hydrogens (tertiary/aromatic N) is 3. The average molecular weight is 466 g/mol. The molecule has 0 saturated heterocycles. The Morgan fingerprint density at radius 3 is 2.44 bits per heavy atom. The van der Waals surface area contributed by atoms with E-state index in [-0.39, 0.29) is 24.7 Å². The highest BCUT2D eigenvalue weighted by Gasteiger charge is 2.14. The SMILES string of the molecule is CCOC(=O)c1ccc(NC(=NCc2c(C)nn(CC)c2C)NC(=O)c2cccc(F)c2)cc1. The second-order valence-electron chi connectivity index (χ2n) is 7.52. The van der Waals surface area contributed by atoms with Gasteiger partial charge in [0.05, 0.1) is 24.4 Å². The topological polar surface area (TPSA) is 97.6 Å². The summed E-state index contributed by atoms with van der Waals surface area (Å²) < 4.78 is 20.5. The first-order valence-electron chi connectivity index (χ1n) is 11.0. The number of rotatable bonds is 7. The summed E-state index contributed by atoms with van der Waals surface area (Å²) in [5.74, 6) is -1.25. The van der Waals surface area contributed by atoms with Gasteiger partial charge in [0, 0.05) is 29.1 Å². The first-order chi connectivity index (χ1) is 16.3. The molecule has 2 N–H and O–H groups in total. The second kappa shape index (κ2) is 11.2. The minimum Gasteiger partial charge on any atom is -0.462 e. The summed E-state index contributed by atoms with van der Waals surface area (Å²) in [5, 5.41) is 10.3. The van der Waals surface area contributed by atoms with Crippen LogP contribution in [0.15, 0.2) is 53.5 Å². The lowest BCUT2D eigenvalue weighted by molar-refractivity contribution is 0.0526. The van der Waals surface area contributed by atoms with E-state index in [1.165, 1.54) is 18.2 Å². The van der Waals surface area contributed by atoms with Crippen LogP contribution in [0, 0.1) is 19.7 Å². The zero-order chi connectivity index (χ0) is 24.7. The maximum atomic E-state index is 13.6. The van der Waals surface area contributed by atoms with Crippen LogP contribution in [0.1, 0.15) is 51.5 Å². The fraction of sp³-hybridized carbons (Fsp3) is 0.280. The van der Waals surface area contributed by atoms with E-state index in [4.69, 9.17) is 4.74 Å². The molecule has 0 bridgehead atoms. The number of hydrogen-bond acceptors (Lipinski definition) is 5. The van der Waals surface area contributed by atoms with Gasteiger partial charge in [-0.15, -0.1) is 0 Å². The number of carbonyl (C=O) groups excluding carboxylic acids is 2. The molecule has 34 heavy (non-hydrogen) atoms. The molecule has 0 radical (unpaired) electrons. The molecular formula is C25H28FN5O3. The van der Waals surface area contributed by atoms with E-state index in [1.54, 1.807) is 31.2 Å². The maximum Gasteiger partial charge on any atom is 0.338 e. The number of aryl methyl sites for hydroxylation is 2. The van der Waals surface area contributed by atoms with Gasteiger partial charge in [-0.2, -0.15) is 5.10 Å². The third-order valence-corrected chi connectivity index (χ3v) is 5.20. The first kappa shape index (κ1) is 24.6. The van der Waals surface area contributed by atoms with Gasteiger partial charge in [0.15, 0.2) is 0 Å². The number of benzene rings is 2. The Balaban J connectivity index is 1.85. The third kappa shape index (κ3) is 6.06. The van der Waals surface area contributed by atoms with Gasteiger partial charge in [-0.05, 0) is 70.2 Å². The molecule has 1 heterocycles. The number of esters is 1. The minimum atomic E-state index is -0.508. The Kier molecular flexibility index (Phi) is 8.13. The fourth-order valence-corrected chi connectivity index (χ4v) is 3.39. The van der Waals surface area contributed by atoms with Crippen LogP contribution in [0.4, 0.5) is 10.1 Å². The Labute approximate surface area is 197 Å². The molecule has 0 aliphatic carbocycles. The molecule has 0 saturated carbocycles. The van der Waals surface area contributed by atoms with Crippen molar-refractivity contribution in [2.45, 2.75) is 40.8 Å². The van der Waals surface area contributed by atoms with Crippen LogP contribution in [-0.4, -0.2) is 34.2 Å². The van der Waals surface area contributed by atoms with Crippen LogP contribution in [0.5, 0.6) is 0 Å². The highest BCUT2D eigenvalue weighted by Crippen LogP contribution is 2.15. The molecule has 8 nitrogen and oxygen atoms in total. The molecule has 0 spiro atoms. The van der Waals surface area contributed by atoms with Gasteiger partial charge < -0.3 is 10.1 Å². The van der Waals surface area contributed by atoms with E-state index in [9.17, 15) is 14.0 Å². The van der Waals surface area contributed by atoms with Gasteiger partial charge >= 0.3 is 5.97 Å². The van der Waals surface area contributed by atoms with Crippen molar-refractivity contribution < 1.29 is 18.7 Å². The van der Waals surface area contributed by atoms with Crippen LogP contribution in [0.25, 0.3) is 0 Å². The molecule has 0 atom stereocenters. The standard InChI is InChI=1S/C25H28FN5O3/c1-5-31-17(4)22(16(3)30-31)15-27-25(29-23(32)19-8-7-9-20(26)14-19)28-21-12-10-18(11-13-21)24(33)34-6-2/h7-14H,5-6,15H2,1-4H3,(H2,27,28,29,32). The van der Waals surface area contributed by atoms with E-state index in [0.29, 0.717) is 11.3 Å². The normalized spacial score (nSPS) is 11.3. The van der Waals surface area contributed by atoms with Crippen molar-refractivity contribution in [3.63, 3.8) is 0 Å². The van der Waals surface area contributed by atoms with Gasteiger partial charge in [0.2, 0.25) is 5.96 Å². The van der Waals surface area contributed by atoms with Gasteiger partial charge in [-0.1, -0.05) is 6.07 Å². The van der Waals surface area contributed by atoms with Crippen LogP contribution >= 0.6 is 0 Å². The van der Waals surface area contributed by atoms with E-state index in [0.717, 1.165) is 29.6 Å². The summed E-state index contributed by atoms with van der Waals surface area (Å²) in [7, 11) is 0. The molecular weight excluding hydrogens is 437 g/mol. The number of carbonyl (C=O) groups is 2. The predicted octanol–water partition coefficient (Wildman–Crippen LogP) is 4.23. The molecule has 3 rings (SSSR count). The number of aromatic nitrogens is 2. The lowest BCUT2D eigenvalue weighted by Gasteiger charge is -2.13. The molecule has 2 aromatic carbocycles. The zero-order valence-corrected chi connectivity index (χ0v) is 19.7. The molecule has 3 aromatic rings. The Morgan fingerprint density at radius 2 is 1.82 bits per heavy atom. The second-order valence-corrected chi connectivity index (χ2v) is 7.52. The molecule has 1 aromatic heterocycles. The smallest absolute Gasteiger partial charge is 0.338 e. The number of amides is 1. The summed E-state index contributed by atoms with van der Waals surface area (Å²) in [6, 6.07) is 12.0. The number of halogens is 1. The summed E-state index contributed by atoms with van der Waals surface area (Å²) in [4.78, 5) is 29.2. The fourth-order valence-electron chi connectivity index (χ4n) is 3.39. The summed E-state index contributed by atoms with van der Waals surface area (Å²) in [5.41, 5.74) is 3.99. The van der Waals surface area contributed by atoms with Crippen molar-refractivity contribution in [2.24, 2.45) is 4.99 Å². The van der Waals surface area contributed by atoms with E-state index >= 15 is 0 Å². The Morgan fingerprint density at radius 1 is 1.09 bits per heavy atom. The summed E-state index contributed by atoms with van der Waals surface area (Å²) in [6.45, 7) is 8.95.